The SMILES string of the molecule is O=C(CCc1ccncn1)NCCOCc1ccc(Cl)cc1Cl. The number of benzene rings is 1. The summed E-state index contributed by atoms with van der Waals surface area (Å²) in [6.45, 7) is 1.25. The van der Waals surface area contributed by atoms with E-state index >= 15 is 0 Å². The number of nitrogens with one attached hydrogen (secondary N) is 1. The number of ether oxygens (including phenoxy) is 1. The molecule has 0 aliphatic heterocycles. The minimum atomic E-state index is -0.0308. The number of hydrogen-bond acceptors (Lipinski definition) is 4. The van der Waals surface area contributed by atoms with Gasteiger partial charge in [0.15, 0.2) is 0 Å². The summed E-state index contributed by atoms with van der Waals surface area (Å²) in [5.41, 5.74) is 1.72. The van der Waals surface area contributed by atoms with Gasteiger partial charge in [0.1, 0.15) is 6.33 Å². The van der Waals surface area contributed by atoms with Crippen LogP contribution in [0, 0.1) is 0 Å². The van der Waals surface area contributed by atoms with E-state index in [0.29, 0.717) is 42.6 Å². The van der Waals surface area contributed by atoms with E-state index in [1.165, 1.54) is 6.33 Å². The van der Waals surface area contributed by atoms with Gasteiger partial charge in [0.05, 0.1) is 13.2 Å². The first-order valence-electron chi connectivity index (χ1n) is 7.18. The third-order valence-electron chi connectivity index (χ3n) is 3.09. The standard InChI is InChI=1S/C16H17Cl2N3O2/c17-13-2-1-12(15(18)9-13)10-23-8-7-20-16(22)4-3-14-5-6-19-11-21-14/h1-2,5-6,9,11H,3-4,7-8,10H2,(H,20,22). The Hall–Kier alpha value is -1.69. The van der Waals surface area contributed by atoms with E-state index in [2.05, 4.69) is 15.3 Å². The summed E-state index contributed by atoms with van der Waals surface area (Å²) in [5.74, 6) is -0.0308. The molecule has 0 saturated carbocycles. The van der Waals surface area contributed by atoms with E-state index in [0.717, 1.165) is 11.3 Å². The van der Waals surface area contributed by atoms with Crippen LogP contribution in [0.3, 0.4) is 0 Å². The Kier molecular flexibility index (Phi) is 7.26. The molecule has 1 amide bonds. The maximum Gasteiger partial charge on any atom is 0.220 e. The normalized spacial score (nSPS) is 10.5. The fraction of sp³-hybridized carbons (Fsp3) is 0.312. The van der Waals surface area contributed by atoms with Gasteiger partial charge in [0.2, 0.25) is 5.91 Å². The summed E-state index contributed by atoms with van der Waals surface area (Å²) in [6.07, 6.45) is 4.12. The van der Waals surface area contributed by atoms with E-state index in [4.69, 9.17) is 27.9 Å². The summed E-state index contributed by atoms with van der Waals surface area (Å²) in [7, 11) is 0. The van der Waals surface area contributed by atoms with Crippen LogP contribution in [0.15, 0.2) is 36.8 Å². The van der Waals surface area contributed by atoms with E-state index in [1.54, 1.807) is 24.4 Å². The highest BCUT2D eigenvalue weighted by atomic mass is 35.5. The molecule has 1 heterocycles. The van der Waals surface area contributed by atoms with Gasteiger partial charge in [-0.25, -0.2) is 9.97 Å². The monoisotopic (exact) mass is 353 g/mol. The van der Waals surface area contributed by atoms with Crippen LogP contribution in [-0.2, 0) is 22.6 Å². The number of nitrogens with zero attached hydrogens (tertiary/aromatic N) is 2. The third-order valence-corrected chi connectivity index (χ3v) is 3.68. The lowest BCUT2D eigenvalue weighted by atomic mass is 10.2. The molecule has 0 spiro atoms. The second kappa shape index (κ2) is 9.45. The molecule has 7 heteroatoms. The van der Waals surface area contributed by atoms with Crippen molar-refractivity contribution in [3.05, 3.63) is 58.1 Å². The van der Waals surface area contributed by atoms with Gasteiger partial charge in [-0.3, -0.25) is 4.79 Å². The predicted octanol–water partition coefficient (Wildman–Crippen LogP) is 3.05. The van der Waals surface area contributed by atoms with Gasteiger partial charge in [0.25, 0.3) is 0 Å². The number of amides is 1. The third kappa shape index (κ3) is 6.52. The molecule has 1 N–H and O–H groups in total. The Labute approximate surface area is 145 Å². The van der Waals surface area contributed by atoms with Crippen molar-refractivity contribution in [3.63, 3.8) is 0 Å². The van der Waals surface area contributed by atoms with Crippen LogP contribution in [0.2, 0.25) is 10.0 Å². The Bertz CT molecular complexity index is 638. The molecule has 5 nitrogen and oxygen atoms in total. The fourth-order valence-corrected chi connectivity index (χ4v) is 2.34. The van der Waals surface area contributed by atoms with Gasteiger partial charge in [-0.15, -0.1) is 0 Å². The molecular weight excluding hydrogens is 337 g/mol. The van der Waals surface area contributed by atoms with Crippen LogP contribution >= 0.6 is 23.2 Å². The molecule has 0 radical (unpaired) electrons. The number of hydrogen-bond donors (Lipinski definition) is 1. The summed E-state index contributed by atoms with van der Waals surface area (Å²) >= 11 is 11.9. The van der Waals surface area contributed by atoms with Gasteiger partial charge < -0.3 is 10.1 Å². The minimum Gasteiger partial charge on any atom is -0.375 e. The fourth-order valence-electron chi connectivity index (χ4n) is 1.88. The van der Waals surface area contributed by atoms with Crippen molar-refractivity contribution in [2.24, 2.45) is 0 Å². The molecule has 0 atom stereocenters. The van der Waals surface area contributed by atoms with Gasteiger partial charge in [0, 0.05) is 34.9 Å². The summed E-state index contributed by atoms with van der Waals surface area (Å²) in [4.78, 5) is 19.6. The number of rotatable bonds is 8. The Morgan fingerprint density at radius 2 is 2.13 bits per heavy atom. The number of carbonyl (C=O) groups excluding carboxylic acids is 1. The number of aryl methyl sites for hydroxylation is 1. The quantitative estimate of drug-likeness (QED) is 0.740. The van der Waals surface area contributed by atoms with E-state index in [9.17, 15) is 4.79 Å². The van der Waals surface area contributed by atoms with E-state index < -0.39 is 0 Å². The molecule has 0 aliphatic carbocycles. The van der Waals surface area contributed by atoms with Crippen LogP contribution < -0.4 is 5.32 Å². The Morgan fingerprint density at radius 1 is 1.26 bits per heavy atom. The van der Waals surface area contributed by atoms with Crippen molar-refractivity contribution >= 4 is 29.1 Å². The summed E-state index contributed by atoms with van der Waals surface area (Å²) in [5, 5.41) is 3.97. The smallest absolute Gasteiger partial charge is 0.220 e. The number of aromatic nitrogens is 2. The van der Waals surface area contributed by atoms with Gasteiger partial charge in [-0.2, -0.15) is 0 Å². The van der Waals surface area contributed by atoms with Crippen LogP contribution in [0.1, 0.15) is 17.7 Å². The van der Waals surface area contributed by atoms with Gasteiger partial charge in [-0.05, 0) is 30.2 Å². The van der Waals surface area contributed by atoms with Crippen LogP contribution in [0.5, 0.6) is 0 Å². The van der Waals surface area contributed by atoms with E-state index in [-0.39, 0.29) is 5.91 Å². The molecule has 23 heavy (non-hydrogen) atoms. The number of halogens is 2. The van der Waals surface area contributed by atoms with Crippen molar-refractivity contribution in [2.45, 2.75) is 19.4 Å². The second-order valence-corrected chi connectivity index (χ2v) is 5.68. The first kappa shape index (κ1) is 17.7. The average molecular weight is 354 g/mol. The van der Waals surface area contributed by atoms with Crippen molar-refractivity contribution in [1.29, 1.82) is 0 Å². The molecular formula is C16H17Cl2N3O2. The first-order chi connectivity index (χ1) is 11.1. The highest BCUT2D eigenvalue weighted by Crippen LogP contribution is 2.21. The molecule has 0 unspecified atom stereocenters. The highest BCUT2D eigenvalue weighted by Gasteiger charge is 2.04. The topological polar surface area (TPSA) is 64.1 Å². The molecule has 1 aromatic carbocycles. The van der Waals surface area contributed by atoms with Crippen molar-refractivity contribution in [1.82, 2.24) is 15.3 Å². The van der Waals surface area contributed by atoms with Crippen molar-refractivity contribution in [2.75, 3.05) is 13.2 Å². The molecule has 0 fully saturated rings. The van der Waals surface area contributed by atoms with Crippen molar-refractivity contribution in [3.8, 4) is 0 Å². The predicted molar refractivity (Wildman–Crippen MR) is 89.5 cm³/mol. The highest BCUT2D eigenvalue weighted by molar-refractivity contribution is 6.35. The summed E-state index contributed by atoms with van der Waals surface area (Å²) < 4.78 is 5.49. The zero-order valence-corrected chi connectivity index (χ0v) is 14.0. The second-order valence-electron chi connectivity index (χ2n) is 4.84. The lowest BCUT2D eigenvalue weighted by Gasteiger charge is -2.08. The molecule has 0 aliphatic rings. The lowest BCUT2D eigenvalue weighted by Crippen LogP contribution is -2.27. The summed E-state index contributed by atoms with van der Waals surface area (Å²) in [6, 6.07) is 7.06. The Morgan fingerprint density at radius 3 is 2.87 bits per heavy atom. The van der Waals surface area contributed by atoms with Crippen LogP contribution in [-0.4, -0.2) is 29.0 Å². The first-order valence-corrected chi connectivity index (χ1v) is 7.94. The van der Waals surface area contributed by atoms with Crippen LogP contribution in [0.4, 0.5) is 0 Å². The van der Waals surface area contributed by atoms with Crippen molar-refractivity contribution < 1.29 is 9.53 Å². The Balaban J connectivity index is 1.59. The van der Waals surface area contributed by atoms with Gasteiger partial charge >= 0.3 is 0 Å². The average Bonchev–Trinajstić information content (AvgIpc) is 2.55. The molecule has 122 valence electrons. The van der Waals surface area contributed by atoms with E-state index in [1.807, 2.05) is 6.07 Å². The van der Waals surface area contributed by atoms with Crippen LogP contribution in [0.25, 0.3) is 0 Å². The number of carbonyl (C=O) groups is 1. The molecule has 1 aromatic heterocycles. The zero-order chi connectivity index (χ0) is 16.5. The van der Waals surface area contributed by atoms with Gasteiger partial charge in [-0.1, -0.05) is 29.3 Å². The zero-order valence-electron chi connectivity index (χ0n) is 12.5. The minimum absolute atomic E-state index is 0.0308. The lowest BCUT2D eigenvalue weighted by molar-refractivity contribution is -0.121. The molecule has 2 rings (SSSR count). The molecule has 2 aromatic rings. The maximum atomic E-state index is 11.7. The largest absolute Gasteiger partial charge is 0.375 e. The molecule has 0 saturated heterocycles. The molecule has 0 bridgehead atoms. The maximum absolute atomic E-state index is 11.7.